The normalized spacial score (nSPS) is 10.3. The van der Waals surface area contributed by atoms with Gasteiger partial charge in [0.15, 0.2) is 5.95 Å². The predicted molar refractivity (Wildman–Crippen MR) is 56.0 cm³/mol. The first-order valence-electron chi connectivity index (χ1n) is 5.08. The number of hydrogen-bond donors (Lipinski definition) is 2. The van der Waals surface area contributed by atoms with Crippen molar-refractivity contribution in [3.05, 3.63) is 11.9 Å². The molecule has 0 spiro atoms. The second-order valence-electron chi connectivity index (χ2n) is 3.40. The van der Waals surface area contributed by atoms with E-state index in [9.17, 15) is 0 Å². The van der Waals surface area contributed by atoms with Crippen LogP contribution in [0.15, 0.2) is 6.20 Å². The molecule has 74 valence electrons. The molecule has 0 saturated heterocycles. The van der Waals surface area contributed by atoms with Crippen LogP contribution in [0, 0.1) is 6.92 Å². The van der Waals surface area contributed by atoms with Crippen molar-refractivity contribution < 1.29 is 0 Å². The van der Waals surface area contributed by atoms with Gasteiger partial charge in [-0.2, -0.15) is 0 Å². The quantitative estimate of drug-likeness (QED) is 0.662. The van der Waals surface area contributed by atoms with Crippen LogP contribution in [0.4, 0.5) is 5.95 Å². The van der Waals surface area contributed by atoms with Crippen LogP contribution in [0.5, 0.6) is 0 Å². The summed E-state index contributed by atoms with van der Waals surface area (Å²) in [5.41, 5.74) is 1.11. The third-order valence-electron chi connectivity index (χ3n) is 2.03. The van der Waals surface area contributed by atoms with Crippen LogP contribution < -0.4 is 5.32 Å². The Labute approximate surface area is 80.0 Å². The van der Waals surface area contributed by atoms with Gasteiger partial charge in [0.05, 0.1) is 0 Å². The molecular weight excluding hydrogens is 162 g/mol. The SMILES string of the molecule is CCCCCCNc1ncc(C)[nH]1. The maximum atomic E-state index is 4.17. The van der Waals surface area contributed by atoms with Crippen LogP contribution >= 0.6 is 0 Å². The Balaban J connectivity index is 2.06. The van der Waals surface area contributed by atoms with Gasteiger partial charge >= 0.3 is 0 Å². The summed E-state index contributed by atoms with van der Waals surface area (Å²) < 4.78 is 0. The highest BCUT2D eigenvalue weighted by atomic mass is 15.1. The summed E-state index contributed by atoms with van der Waals surface area (Å²) in [7, 11) is 0. The zero-order valence-electron chi connectivity index (χ0n) is 8.56. The molecule has 2 N–H and O–H groups in total. The number of unbranched alkanes of at least 4 members (excludes halogenated alkanes) is 3. The summed E-state index contributed by atoms with van der Waals surface area (Å²) in [5, 5.41) is 3.26. The van der Waals surface area contributed by atoms with E-state index in [0.717, 1.165) is 18.2 Å². The maximum Gasteiger partial charge on any atom is 0.200 e. The lowest BCUT2D eigenvalue weighted by Gasteiger charge is -2.01. The minimum absolute atomic E-state index is 0.897. The van der Waals surface area contributed by atoms with Crippen molar-refractivity contribution in [2.75, 3.05) is 11.9 Å². The molecule has 3 nitrogen and oxygen atoms in total. The Morgan fingerprint density at radius 1 is 1.38 bits per heavy atom. The maximum absolute atomic E-state index is 4.17. The molecule has 0 unspecified atom stereocenters. The van der Waals surface area contributed by atoms with Crippen LogP contribution in [-0.4, -0.2) is 16.5 Å². The van der Waals surface area contributed by atoms with E-state index < -0.39 is 0 Å². The molecule has 1 rings (SSSR count). The Morgan fingerprint density at radius 2 is 2.23 bits per heavy atom. The molecule has 0 bridgehead atoms. The van der Waals surface area contributed by atoms with Gasteiger partial charge in [0.1, 0.15) is 0 Å². The fourth-order valence-corrected chi connectivity index (χ4v) is 1.26. The number of rotatable bonds is 6. The monoisotopic (exact) mass is 181 g/mol. The largest absolute Gasteiger partial charge is 0.356 e. The molecule has 0 fully saturated rings. The highest BCUT2D eigenvalue weighted by Crippen LogP contribution is 2.02. The third kappa shape index (κ3) is 3.97. The Bertz CT molecular complexity index is 230. The van der Waals surface area contributed by atoms with Gasteiger partial charge in [-0.15, -0.1) is 0 Å². The van der Waals surface area contributed by atoms with Gasteiger partial charge in [-0.05, 0) is 13.3 Å². The molecule has 3 heteroatoms. The molecule has 1 heterocycles. The molecule has 0 aliphatic rings. The Morgan fingerprint density at radius 3 is 2.85 bits per heavy atom. The van der Waals surface area contributed by atoms with Crippen LogP contribution in [0.25, 0.3) is 0 Å². The minimum Gasteiger partial charge on any atom is -0.356 e. The van der Waals surface area contributed by atoms with E-state index in [1.54, 1.807) is 0 Å². The van der Waals surface area contributed by atoms with Gasteiger partial charge in [0.25, 0.3) is 0 Å². The Kier molecular flexibility index (Phi) is 4.36. The van der Waals surface area contributed by atoms with Gasteiger partial charge in [-0.3, -0.25) is 0 Å². The summed E-state index contributed by atoms with van der Waals surface area (Å²) in [4.78, 5) is 7.31. The number of H-pyrrole nitrogens is 1. The van der Waals surface area contributed by atoms with E-state index in [2.05, 4.69) is 22.2 Å². The van der Waals surface area contributed by atoms with Crippen molar-refractivity contribution in [1.82, 2.24) is 9.97 Å². The zero-order valence-corrected chi connectivity index (χ0v) is 8.56. The van der Waals surface area contributed by atoms with Crippen molar-refractivity contribution >= 4 is 5.95 Å². The molecular formula is C10H19N3. The summed E-state index contributed by atoms with van der Waals surface area (Å²) >= 11 is 0. The zero-order chi connectivity index (χ0) is 9.52. The second-order valence-corrected chi connectivity index (χ2v) is 3.40. The molecule has 1 aromatic heterocycles. The minimum atomic E-state index is 0.897. The van der Waals surface area contributed by atoms with E-state index in [0.29, 0.717) is 0 Å². The molecule has 0 aliphatic carbocycles. The van der Waals surface area contributed by atoms with Gasteiger partial charge in [-0.25, -0.2) is 4.98 Å². The summed E-state index contributed by atoms with van der Waals surface area (Å²) in [6.45, 7) is 5.26. The average molecular weight is 181 g/mol. The smallest absolute Gasteiger partial charge is 0.200 e. The second kappa shape index (κ2) is 5.62. The van der Waals surface area contributed by atoms with Gasteiger partial charge < -0.3 is 10.3 Å². The fraction of sp³-hybridized carbons (Fsp3) is 0.700. The first-order chi connectivity index (χ1) is 6.33. The first-order valence-corrected chi connectivity index (χ1v) is 5.08. The third-order valence-corrected chi connectivity index (χ3v) is 2.03. The van der Waals surface area contributed by atoms with Crippen LogP contribution in [-0.2, 0) is 0 Å². The van der Waals surface area contributed by atoms with Crippen LogP contribution in [0.1, 0.15) is 38.3 Å². The molecule has 0 saturated carbocycles. The summed E-state index contributed by atoms with van der Waals surface area (Å²) in [6.07, 6.45) is 7.00. The number of aromatic amines is 1. The topological polar surface area (TPSA) is 40.7 Å². The number of anilines is 1. The first kappa shape index (κ1) is 10.1. The number of aromatic nitrogens is 2. The van der Waals surface area contributed by atoms with Gasteiger partial charge in [0, 0.05) is 18.4 Å². The van der Waals surface area contributed by atoms with E-state index in [1.807, 2.05) is 13.1 Å². The van der Waals surface area contributed by atoms with Crippen molar-refractivity contribution in [3.63, 3.8) is 0 Å². The lowest BCUT2D eigenvalue weighted by atomic mass is 10.2. The average Bonchev–Trinajstić information content (AvgIpc) is 2.51. The van der Waals surface area contributed by atoms with Crippen molar-refractivity contribution in [1.29, 1.82) is 0 Å². The lowest BCUT2D eigenvalue weighted by molar-refractivity contribution is 0.683. The molecule has 0 aromatic carbocycles. The highest BCUT2D eigenvalue weighted by molar-refractivity contribution is 5.25. The molecule has 0 radical (unpaired) electrons. The van der Waals surface area contributed by atoms with Crippen molar-refractivity contribution in [3.8, 4) is 0 Å². The number of imidazole rings is 1. The summed E-state index contributed by atoms with van der Waals surface area (Å²) in [5.74, 6) is 0.897. The van der Waals surface area contributed by atoms with E-state index in [-0.39, 0.29) is 0 Å². The molecule has 1 aromatic rings. The lowest BCUT2D eigenvalue weighted by Crippen LogP contribution is -2.02. The number of nitrogens with one attached hydrogen (secondary N) is 2. The van der Waals surface area contributed by atoms with Crippen molar-refractivity contribution in [2.24, 2.45) is 0 Å². The standard InChI is InChI=1S/C10H19N3/c1-3-4-5-6-7-11-10-12-8-9(2)13-10/h8H,3-7H2,1-2H3,(H2,11,12,13). The number of hydrogen-bond acceptors (Lipinski definition) is 2. The number of aryl methyl sites for hydroxylation is 1. The van der Waals surface area contributed by atoms with Crippen LogP contribution in [0.3, 0.4) is 0 Å². The van der Waals surface area contributed by atoms with Crippen molar-refractivity contribution in [2.45, 2.75) is 39.5 Å². The van der Waals surface area contributed by atoms with Gasteiger partial charge in [0.2, 0.25) is 0 Å². The fourth-order valence-electron chi connectivity index (χ4n) is 1.26. The van der Waals surface area contributed by atoms with E-state index >= 15 is 0 Å². The summed E-state index contributed by atoms with van der Waals surface area (Å²) in [6, 6.07) is 0. The van der Waals surface area contributed by atoms with E-state index in [4.69, 9.17) is 0 Å². The molecule has 0 amide bonds. The molecule has 0 atom stereocenters. The highest BCUT2D eigenvalue weighted by Gasteiger charge is 1.94. The molecule has 0 aliphatic heterocycles. The van der Waals surface area contributed by atoms with E-state index in [1.165, 1.54) is 25.7 Å². The van der Waals surface area contributed by atoms with Crippen LogP contribution in [0.2, 0.25) is 0 Å². The molecule has 13 heavy (non-hydrogen) atoms. The Hall–Kier alpha value is -0.990. The number of nitrogens with zero attached hydrogens (tertiary/aromatic N) is 1. The predicted octanol–water partition coefficient (Wildman–Crippen LogP) is 2.71. The van der Waals surface area contributed by atoms with Gasteiger partial charge in [-0.1, -0.05) is 26.2 Å².